The monoisotopic (exact) mass is 203 g/mol. The average Bonchev–Trinajstić information content (AvgIpc) is 2.04. The molecule has 0 heterocycles. The van der Waals surface area contributed by atoms with Crippen molar-refractivity contribution in [2.45, 2.75) is 6.04 Å². The van der Waals surface area contributed by atoms with E-state index in [9.17, 15) is 4.79 Å². The second-order valence-electron chi connectivity index (χ2n) is 2.41. The highest BCUT2D eigenvalue weighted by Gasteiger charge is 2.13. The minimum absolute atomic E-state index is 0. The van der Waals surface area contributed by atoms with Gasteiger partial charge in [-0.25, -0.2) is 0 Å². The lowest BCUT2D eigenvalue weighted by molar-refractivity contribution is -0.138. The highest BCUT2D eigenvalue weighted by atomic mass is 35.5. The molecule has 72 valence electrons. The SMILES string of the molecule is Cl.NC(C(=O)O)c1ccc(O)cc1. The fraction of sp³-hybridized carbons (Fsp3) is 0.125. The first-order valence-electron chi connectivity index (χ1n) is 3.38. The maximum Gasteiger partial charge on any atom is 0.325 e. The van der Waals surface area contributed by atoms with E-state index in [0.717, 1.165) is 0 Å². The van der Waals surface area contributed by atoms with E-state index in [-0.39, 0.29) is 18.2 Å². The Labute approximate surface area is 81.4 Å². The number of phenols is 1. The number of rotatable bonds is 2. The van der Waals surface area contributed by atoms with Gasteiger partial charge in [0.1, 0.15) is 11.8 Å². The molecule has 0 aromatic heterocycles. The lowest BCUT2D eigenvalue weighted by Crippen LogP contribution is -2.20. The number of carboxylic acid groups (broad SMARTS) is 1. The maximum atomic E-state index is 10.4. The molecule has 0 spiro atoms. The van der Waals surface area contributed by atoms with Gasteiger partial charge in [-0.2, -0.15) is 0 Å². The number of carbonyl (C=O) groups is 1. The number of hydrogen-bond acceptors (Lipinski definition) is 3. The number of nitrogens with two attached hydrogens (primary N) is 1. The van der Waals surface area contributed by atoms with Crippen molar-refractivity contribution in [1.82, 2.24) is 0 Å². The Balaban J connectivity index is 0.00000144. The van der Waals surface area contributed by atoms with Gasteiger partial charge >= 0.3 is 5.97 Å². The van der Waals surface area contributed by atoms with E-state index in [1.807, 2.05) is 0 Å². The molecular weight excluding hydrogens is 194 g/mol. The molecule has 1 unspecified atom stereocenters. The van der Waals surface area contributed by atoms with Crippen molar-refractivity contribution < 1.29 is 15.0 Å². The van der Waals surface area contributed by atoms with E-state index in [4.69, 9.17) is 15.9 Å². The zero-order chi connectivity index (χ0) is 9.14. The molecule has 1 aromatic carbocycles. The fourth-order valence-electron chi connectivity index (χ4n) is 0.824. The van der Waals surface area contributed by atoms with Crippen LogP contribution in [0, 0.1) is 0 Å². The molecule has 13 heavy (non-hydrogen) atoms. The van der Waals surface area contributed by atoms with Gasteiger partial charge in [0.15, 0.2) is 0 Å². The summed E-state index contributed by atoms with van der Waals surface area (Å²) in [6.45, 7) is 0. The van der Waals surface area contributed by atoms with Gasteiger partial charge in [0.25, 0.3) is 0 Å². The number of halogens is 1. The Morgan fingerprint density at radius 1 is 1.31 bits per heavy atom. The number of phenolic OH excluding ortho intramolecular Hbond substituents is 1. The van der Waals surface area contributed by atoms with Crippen molar-refractivity contribution in [3.63, 3.8) is 0 Å². The van der Waals surface area contributed by atoms with Crippen molar-refractivity contribution in [3.8, 4) is 5.75 Å². The van der Waals surface area contributed by atoms with Gasteiger partial charge in [-0.1, -0.05) is 12.1 Å². The second-order valence-corrected chi connectivity index (χ2v) is 2.41. The van der Waals surface area contributed by atoms with Crippen LogP contribution in [0.5, 0.6) is 5.75 Å². The molecule has 0 aliphatic rings. The molecule has 0 aliphatic heterocycles. The van der Waals surface area contributed by atoms with Crippen LogP contribution in [-0.2, 0) is 4.79 Å². The van der Waals surface area contributed by atoms with E-state index >= 15 is 0 Å². The average molecular weight is 204 g/mol. The molecular formula is C8H10ClNO3. The van der Waals surface area contributed by atoms with E-state index < -0.39 is 12.0 Å². The first kappa shape index (κ1) is 11.7. The van der Waals surface area contributed by atoms with Crippen LogP contribution in [0.4, 0.5) is 0 Å². The normalized spacial score (nSPS) is 11.5. The standard InChI is InChI=1S/C8H9NO3.ClH/c9-7(8(11)12)5-1-3-6(10)4-2-5;/h1-4,7,10H,9H2,(H,11,12);1H. The molecule has 4 N–H and O–H groups in total. The number of carboxylic acids is 1. The van der Waals surface area contributed by atoms with E-state index in [1.54, 1.807) is 0 Å². The lowest BCUT2D eigenvalue weighted by Gasteiger charge is -2.05. The van der Waals surface area contributed by atoms with Crippen molar-refractivity contribution in [3.05, 3.63) is 29.8 Å². The molecule has 0 amide bonds. The third-order valence-corrected chi connectivity index (χ3v) is 1.52. The fourth-order valence-corrected chi connectivity index (χ4v) is 0.824. The summed E-state index contributed by atoms with van der Waals surface area (Å²) in [5.41, 5.74) is 5.78. The van der Waals surface area contributed by atoms with E-state index in [0.29, 0.717) is 5.56 Å². The smallest absolute Gasteiger partial charge is 0.325 e. The molecule has 0 saturated heterocycles. The van der Waals surface area contributed by atoms with Crippen LogP contribution in [-0.4, -0.2) is 16.2 Å². The van der Waals surface area contributed by atoms with Gasteiger partial charge in [0, 0.05) is 0 Å². The summed E-state index contributed by atoms with van der Waals surface area (Å²) in [5, 5.41) is 17.4. The first-order chi connectivity index (χ1) is 5.61. The van der Waals surface area contributed by atoms with Gasteiger partial charge in [0.2, 0.25) is 0 Å². The Kier molecular flexibility index (Phi) is 4.23. The second kappa shape index (κ2) is 4.69. The van der Waals surface area contributed by atoms with Crippen LogP contribution in [0.25, 0.3) is 0 Å². The molecule has 0 radical (unpaired) electrons. The van der Waals surface area contributed by atoms with Crippen molar-refractivity contribution >= 4 is 18.4 Å². The summed E-state index contributed by atoms with van der Waals surface area (Å²) >= 11 is 0. The number of hydrogen-bond donors (Lipinski definition) is 3. The summed E-state index contributed by atoms with van der Waals surface area (Å²) in [6, 6.07) is 4.74. The molecule has 4 nitrogen and oxygen atoms in total. The zero-order valence-corrected chi connectivity index (χ0v) is 7.49. The van der Waals surface area contributed by atoms with Gasteiger partial charge in [-0.05, 0) is 17.7 Å². The van der Waals surface area contributed by atoms with Gasteiger partial charge in [-0.3, -0.25) is 4.79 Å². The zero-order valence-electron chi connectivity index (χ0n) is 6.68. The molecule has 1 aromatic rings. The minimum atomic E-state index is -1.08. The minimum Gasteiger partial charge on any atom is -0.508 e. The third kappa shape index (κ3) is 2.93. The summed E-state index contributed by atoms with van der Waals surface area (Å²) < 4.78 is 0. The van der Waals surface area contributed by atoms with Gasteiger partial charge < -0.3 is 15.9 Å². The van der Waals surface area contributed by atoms with Crippen LogP contribution < -0.4 is 5.73 Å². The highest BCUT2D eigenvalue weighted by Crippen LogP contribution is 2.14. The topological polar surface area (TPSA) is 83.6 Å². The quantitative estimate of drug-likeness (QED) is 0.667. The number of benzene rings is 1. The van der Waals surface area contributed by atoms with Gasteiger partial charge in [-0.15, -0.1) is 12.4 Å². The van der Waals surface area contributed by atoms with Crippen LogP contribution in [0.2, 0.25) is 0 Å². The van der Waals surface area contributed by atoms with E-state index in [2.05, 4.69) is 0 Å². The summed E-state index contributed by atoms with van der Waals surface area (Å²) in [5.74, 6) is -0.989. The Bertz CT molecular complexity index is 286. The summed E-state index contributed by atoms with van der Waals surface area (Å²) in [6.07, 6.45) is 0. The third-order valence-electron chi connectivity index (χ3n) is 1.52. The highest BCUT2D eigenvalue weighted by molar-refractivity contribution is 5.85. The molecule has 0 aliphatic carbocycles. The Morgan fingerprint density at radius 3 is 2.15 bits per heavy atom. The van der Waals surface area contributed by atoms with Crippen LogP contribution >= 0.6 is 12.4 Å². The van der Waals surface area contributed by atoms with Crippen LogP contribution in [0.1, 0.15) is 11.6 Å². The van der Waals surface area contributed by atoms with Crippen molar-refractivity contribution in [2.24, 2.45) is 5.73 Å². The van der Waals surface area contributed by atoms with Gasteiger partial charge in [0.05, 0.1) is 0 Å². The number of aliphatic carboxylic acids is 1. The van der Waals surface area contributed by atoms with E-state index in [1.165, 1.54) is 24.3 Å². The molecule has 5 heteroatoms. The molecule has 0 fully saturated rings. The van der Waals surface area contributed by atoms with Crippen molar-refractivity contribution in [2.75, 3.05) is 0 Å². The summed E-state index contributed by atoms with van der Waals surface area (Å²) in [4.78, 5) is 10.4. The first-order valence-corrected chi connectivity index (χ1v) is 3.38. The Morgan fingerprint density at radius 2 is 1.77 bits per heavy atom. The maximum absolute atomic E-state index is 10.4. The number of aromatic hydroxyl groups is 1. The Hall–Kier alpha value is -1.26. The molecule has 0 bridgehead atoms. The lowest BCUT2D eigenvalue weighted by atomic mass is 10.1. The molecule has 1 atom stereocenters. The largest absolute Gasteiger partial charge is 0.508 e. The van der Waals surface area contributed by atoms with Crippen LogP contribution in [0.15, 0.2) is 24.3 Å². The predicted molar refractivity (Wildman–Crippen MR) is 49.9 cm³/mol. The molecule has 1 rings (SSSR count). The summed E-state index contributed by atoms with van der Waals surface area (Å²) in [7, 11) is 0. The van der Waals surface area contributed by atoms with Crippen LogP contribution in [0.3, 0.4) is 0 Å². The van der Waals surface area contributed by atoms with Crippen molar-refractivity contribution in [1.29, 1.82) is 0 Å². The molecule has 0 saturated carbocycles. The predicted octanol–water partition coefficient (Wildman–Crippen LogP) is 0.898.